The van der Waals surface area contributed by atoms with Crippen molar-refractivity contribution in [1.82, 2.24) is 9.62 Å². The van der Waals surface area contributed by atoms with Crippen molar-refractivity contribution in [2.24, 2.45) is 0 Å². The van der Waals surface area contributed by atoms with Gasteiger partial charge in [-0.25, -0.2) is 13.4 Å². The highest BCUT2D eigenvalue weighted by Gasteiger charge is 2.44. The molecule has 1 N–H and O–H groups in total. The van der Waals surface area contributed by atoms with Gasteiger partial charge in [0, 0.05) is 14.6 Å². The van der Waals surface area contributed by atoms with Gasteiger partial charge < -0.3 is 14.8 Å². The summed E-state index contributed by atoms with van der Waals surface area (Å²) in [4.78, 5) is 25.1. The van der Waals surface area contributed by atoms with E-state index in [2.05, 4.69) is 25.0 Å². The Labute approximate surface area is 245 Å². The average molecular weight is 602 g/mol. The van der Waals surface area contributed by atoms with Crippen molar-refractivity contribution >= 4 is 42.0 Å². The summed E-state index contributed by atoms with van der Waals surface area (Å²) in [6, 6.07) is 15.4. The zero-order chi connectivity index (χ0) is 30.6. The van der Waals surface area contributed by atoms with Crippen LogP contribution < -0.4 is 14.4 Å². The van der Waals surface area contributed by atoms with Crippen molar-refractivity contribution in [3.8, 4) is 5.75 Å². The summed E-state index contributed by atoms with van der Waals surface area (Å²) in [7, 11) is -5.63. The molecule has 0 radical (unpaired) electrons. The van der Waals surface area contributed by atoms with Crippen LogP contribution >= 0.6 is 0 Å². The second kappa shape index (κ2) is 12.3. The number of amides is 2. The minimum atomic E-state index is -4.05. The van der Waals surface area contributed by atoms with Gasteiger partial charge in [0.05, 0.1) is 11.2 Å². The molecule has 2 amide bonds. The monoisotopic (exact) mass is 601 g/mol. The Bertz CT molecular complexity index is 1380. The quantitative estimate of drug-likeness (QED) is 0.345. The van der Waals surface area contributed by atoms with Crippen LogP contribution in [0.1, 0.15) is 45.7 Å². The highest BCUT2D eigenvalue weighted by atomic mass is 32.2. The maximum absolute atomic E-state index is 13.5. The van der Waals surface area contributed by atoms with E-state index in [0.29, 0.717) is 17.5 Å². The van der Waals surface area contributed by atoms with Gasteiger partial charge in [-0.3, -0.25) is 4.79 Å². The molecule has 1 aliphatic rings. The molecule has 224 valence electrons. The first-order chi connectivity index (χ1) is 18.9. The van der Waals surface area contributed by atoms with E-state index in [9.17, 15) is 18.0 Å². The van der Waals surface area contributed by atoms with E-state index >= 15 is 0 Å². The van der Waals surface area contributed by atoms with Crippen molar-refractivity contribution in [3.63, 3.8) is 0 Å². The van der Waals surface area contributed by atoms with E-state index in [4.69, 9.17) is 9.47 Å². The molecule has 11 heteroatoms. The first kappa shape index (κ1) is 32.2. The van der Waals surface area contributed by atoms with Gasteiger partial charge in [-0.1, -0.05) is 68.2 Å². The number of carbonyl (C=O) groups excluding carboxylic acids is 2. The zero-order valence-corrected chi connectivity index (χ0v) is 27.2. The SMILES string of the molecule is CC(C)(/C=C/c1ccc(N2CC(=O)N(CC[Si](C)(C)C)S2(=O)=O)c(OCc2ccccc2)c1)NC(=O)OC(C)(C)C. The molecule has 1 fully saturated rings. The molecule has 0 bridgehead atoms. The first-order valence-electron chi connectivity index (χ1n) is 13.7. The van der Waals surface area contributed by atoms with E-state index < -0.39 is 41.4 Å². The fraction of sp³-hybridized carbons (Fsp3) is 0.467. The van der Waals surface area contributed by atoms with Gasteiger partial charge in [0.1, 0.15) is 24.5 Å². The van der Waals surface area contributed by atoms with Gasteiger partial charge in [0.2, 0.25) is 0 Å². The Morgan fingerprint density at radius 2 is 1.71 bits per heavy atom. The number of hydrogen-bond donors (Lipinski definition) is 1. The minimum absolute atomic E-state index is 0.175. The molecule has 0 unspecified atom stereocenters. The van der Waals surface area contributed by atoms with E-state index in [1.807, 2.05) is 56.3 Å². The summed E-state index contributed by atoms with van der Waals surface area (Å²) in [5.41, 5.74) is 0.599. The fourth-order valence-electron chi connectivity index (χ4n) is 4.02. The molecule has 0 atom stereocenters. The molecule has 3 rings (SSSR count). The Morgan fingerprint density at radius 3 is 2.32 bits per heavy atom. The molecule has 2 aromatic carbocycles. The van der Waals surface area contributed by atoms with Crippen LogP contribution in [0.3, 0.4) is 0 Å². The van der Waals surface area contributed by atoms with Crippen LogP contribution in [0.4, 0.5) is 10.5 Å². The Balaban J connectivity index is 1.91. The molecule has 1 heterocycles. The van der Waals surface area contributed by atoms with Gasteiger partial charge in [-0.15, -0.1) is 0 Å². The van der Waals surface area contributed by atoms with Crippen molar-refractivity contribution in [1.29, 1.82) is 0 Å². The smallest absolute Gasteiger partial charge is 0.408 e. The largest absolute Gasteiger partial charge is 0.487 e. The molecule has 1 saturated heterocycles. The van der Waals surface area contributed by atoms with Crippen molar-refractivity contribution in [3.05, 3.63) is 65.7 Å². The molecule has 41 heavy (non-hydrogen) atoms. The Morgan fingerprint density at radius 1 is 1.05 bits per heavy atom. The maximum Gasteiger partial charge on any atom is 0.408 e. The van der Waals surface area contributed by atoms with Crippen LogP contribution in [0.15, 0.2) is 54.6 Å². The third-order valence-corrected chi connectivity index (χ3v) is 9.73. The second-order valence-corrected chi connectivity index (χ2v) is 20.4. The van der Waals surface area contributed by atoms with Crippen LogP contribution in [-0.4, -0.2) is 57.0 Å². The average Bonchev–Trinajstić information content (AvgIpc) is 3.06. The lowest BCUT2D eigenvalue weighted by Crippen LogP contribution is -2.44. The maximum atomic E-state index is 13.5. The normalized spacial score (nSPS) is 15.9. The minimum Gasteiger partial charge on any atom is -0.487 e. The van der Waals surface area contributed by atoms with Crippen molar-refractivity contribution < 1.29 is 27.5 Å². The summed E-state index contributed by atoms with van der Waals surface area (Å²) >= 11 is 0. The number of ether oxygens (including phenoxy) is 2. The third kappa shape index (κ3) is 9.36. The summed E-state index contributed by atoms with van der Waals surface area (Å²) in [6.45, 7) is 15.6. The van der Waals surface area contributed by atoms with Gasteiger partial charge in [0.15, 0.2) is 0 Å². The summed E-state index contributed by atoms with van der Waals surface area (Å²) < 4.78 is 40.7. The number of nitrogens with one attached hydrogen (secondary N) is 1. The fourth-order valence-corrected chi connectivity index (χ4v) is 6.63. The Hall–Kier alpha value is -3.31. The molecule has 0 spiro atoms. The molecule has 0 aromatic heterocycles. The summed E-state index contributed by atoms with van der Waals surface area (Å²) in [6.07, 6.45) is 3.11. The highest BCUT2D eigenvalue weighted by molar-refractivity contribution is 7.91. The van der Waals surface area contributed by atoms with Crippen molar-refractivity contribution in [2.75, 3.05) is 17.4 Å². The van der Waals surface area contributed by atoms with Gasteiger partial charge in [-0.2, -0.15) is 8.42 Å². The van der Waals surface area contributed by atoms with Crippen molar-refractivity contribution in [2.45, 2.75) is 78.1 Å². The van der Waals surface area contributed by atoms with Crippen LogP contribution in [0.5, 0.6) is 5.75 Å². The number of nitrogens with zero attached hydrogens (tertiary/aromatic N) is 2. The molecule has 2 aromatic rings. The van der Waals surface area contributed by atoms with E-state index in [-0.39, 0.29) is 19.7 Å². The lowest BCUT2D eigenvalue weighted by Gasteiger charge is -2.26. The van der Waals surface area contributed by atoms with E-state index in [1.54, 1.807) is 39.0 Å². The topological polar surface area (TPSA) is 105 Å². The molecule has 9 nitrogen and oxygen atoms in total. The lowest BCUT2D eigenvalue weighted by atomic mass is 10.0. The van der Waals surface area contributed by atoms with Crippen LogP contribution in [0.25, 0.3) is 6.08 Å². The highest BCUT2D eigenvalue weighted by Crippen LogP contribution is 2.36. The summed E-state index contributed by atoms with van der Waals surface area (Å²) in [5.74, 6) is -0.117. The predicted molar refractivity (Wildman–Crippen MR) is 166 cm³/mol. The number of hydrogen-bond acceptors (Lipinski definition) is 6. The number of rotatable bonds is 10. The van der Waals surface area contributed by atoms with Gasteiger partial charge >= 0.3 is 16.3 Å². The molecule has 0 saturated carbocycles. The molecule has 0 aliphatic carbocycles. The Kier molecular flexibility index (Phi) is 9.64. The number of carbonyl (C=O) groups is 2. The van der Waals surface area contributed by atoms with Crippen LogP contribution in [0, 0.1) is 0 Å². The number of alkyl carbamates (subject to hydrolysis) is 1. The van der Waals surface area contributed by atoms with Crippen LogP contribution in [-0.2, 0) is 26.3 Å². The standard InChI is InChI=1S/C30H43N3O6SSi/c1-29(2,3)39-28(35)31-30(4,5)17-16-23-14-15-25(26(20-23)38-22-24-12-10-9-11-13-24)33-21-27(34)32(40(33,36)37)18-19-41(6,7)8/h9-17,20H,18-19,21-22H2,1-8H3,(H,31,35)/b17-16+. The predicted octanol–water partition coefficient (Wildman–Crippen LogP) is 5.81. The van der Waals surface area contributed by atoms with E-state index in [1.165, 1.54) is 0 Å². The molecular formula is C30H43N3O6SSi. The number of benzene rings is 2. The van der Waals surface area contributed by atoms with Gasteiger partial charge in [-0.05, 0) is 63.9 Å². The first-order valence-corrected chi connectivity index (χ1v) is 18.8. The zero-order valence-electron chi connectivity index (χ0n) is 25.4. The summed E-state index contributed by atoms with van der Waals surface area (Å²) in [5, 5.41) is 2.84. The van der Waals surface area contributed by atoms with Gasteiger partial charge in [0.25, 0.3) is 5.91 Å². The molecular weight excluding hydrogens is 558 g/mol. The van der Waals surface area contributed by atoms with Crippen LogP contribution in [0.2, 0.25) is 25.7 Å². The lowest BCUT2D eigenvalue weighted by molar-refractivity contribution is -0.123. The third-order valence-electron chi connectivity index (χ3n) is 6.18. The number of anilines is 1. The molecule has 1 aliphatic heterocycles. The van der Waals surface area contributed by atoms with E-state index in [0.717, 1.165) is 19.7 Å². The second-order valence-electron chi connectivity index (χ2n) is 13.0.